The van der Waals surface area contributed by atoms with Crippen LogP contribution in [0.3, 0.4) is 0 Å². The Labute approximate surface area is 172 Å². The van der Waals surface area contributed by atoms with Gasteiger partial charge >= 0.3 is 29.8 Å². The molecule has 0 unspecified atom stereocenters. The topological polar surface area (TPSA) is 132 Å². The van der Waals surface area contributed by atoms with E-state index < -0.39 is 58.7 Å². The van der Waals surface area contributed by atoms with Crippen molar-refractivity contribution in [2.75, 3.05) is 13.2 Å². The van der Waals surface area contributed by atoms with Gasteiger partial charge in [0, 0.05) is 27.7 Å². The molecule has 0 aliphatic carbocycles. The van der Waals surface area contributed by atoms with E-state index in [9.17, 15) is 24.0 Å². The summed E-state index contributed by atoms with van der Waals surface area (Å²) in [5.74, 6) is -3.03. The van der Waals surface area contributed by atoms with Crippen molar-refractivity contribution in [3.05, 3.63) is 0 Å². The van der Waals surface area contributed by atoms with Crippen LogP contribution < -0.4 is 0 Å². The van der Waals surface area contributed by atoms with Gasteiger partial charge in [0.15, 0.2) is 18.3 Å². The number of carbonyl (C=O) groups is 5. The van der Waals surface area contributed by atoms with Gasteiger partial charge in [0.25, 0.3) is 0 Å². The van der Waals surface area contributed by atoms with E-state index in [1.807, 2.05) is 0 Å². The molecule has 0 aromatic heterocycles. The average molecular weight is 434 g/mol. The van der Waals surface area contributed by atoms with Crippen LogP contribution in [-0.2, 0) is 47.7 Å². The number of thioether (sulfide) groups is 1. The van der Waals surface area contributed by atoms with E-state index in [1.54, 1.807) is 6.92 Å². The van der Waals surface area contributed by atoms with Crippen LogP contribution in [0.1, 0.15) is 41.0 Å². The highest BCUT2D eigenvalue weighted by Crippen LogP contribution is 2.42. The molecule has 10 nitrogen and oxygen atoms in total. The number of carbonyl (C=O) groups excluding carboxylic acids is 5. The summed E-state index contributed by atoms with van der Waals surface area (Å²) in [6.07, 6.45) is -3.12. The van der Waals surface area contributed by atoms with E-state index in [0.29, 0.717) is 0 Å². The van der Waals surface area contributed by atoms with Crippen molar-refractivity contribution in [2.24, 2.45) is 0 Å². The molecule has 0 aromatic rings. The first-order chi connectivity index (χ1) is 13.5. The van der Waals surface area contributed by atoms with Gasteiger partial charge in [-0.1, -0.05) is 0 Å². The maximum Gasteiger partial charge on any atom is 0.307 e. The van der Waals surface area contributed by atoms with Crippen LogP contribution in [0, 0.1) is 0 Å². The molecule has 1 aliphatic heterocycles. The molecule has 1 rings (SSSR count). The Bertz CT molecular complexity index is 634. The molecule has 0 amide bonds. The third-order valence-corrected chi connectivity index (χ3v) is 5.43. The average Bonchev–Trinajstić information content (AvgIpc) is 2.87. The predicted octanol–water partition coefficient (Wildman–Crippen LogP) is 0.782. The third kappa shape index (κ3) is 8.30. The van der Waals surface area contributed by atoms with Crippen molar-refractivity contribution in [1.29, 1.82) is 0 Å². The van der Waals surface area contributed by atoms with Gasteiger partial charge in [-0.3, -0.25) is 24.0 Å². The van der Waals surface area contributed by atoms with E-state index in [4.69, 9.17) is 23.7 Å². The fourth-order valence-corrected chi connectivity index (χ4v) is 4.55. The lowest BCUT2D eigenvalue weighted by atomic mass is 10.0. The van der Waals surface area contributed by atoms with Gasteiger partial charge in [-0.05, 0) is 6.92 Å². The molecule has 5 atom stereocenters. The number of rotatable bonds is 9. The van der Waals surface area contributed by atoms with Crippen molar-refractivity contribution in [3.8, 4) is 0 Å². The fourth-order valence-electron chi connectivity index (χ4n) is 2.87. The highest BCUT2D eigenvalue weighted by molar-refractivity contribution is 8.01. The zero-order valence-electron chi connectivity index (χ0n) is 17.0. The summed E-state index contributed by atoms with van der Waals surface area (Å²) in [6, 6.07) is 0. The first-order valence-corrected chi connectivity index (χ1v) is 9.95. The molecule has 164 valence electrons. The predicted molar refractivity (Wildman–Crippen MR) is 99.7 cm³/mol. The second-order valence-electron chi connectivity index (χ2n) is 6.25. The highest BCUT2D eigenvalue weighted by Gasteiger charge is 2.53. The largest absolute Gasteiger partial charge is 0.466 e. The number of esters is 5. The Balaban J connectivity index is 3.21. The van der Waals surface area contributed by atoms with Crippen LogP contribution in [0.2, 0.25) is 0 Å². The lowest BCUT2D eigenvalue weighted by molar-refractivity contribution is -0.170. The van der Waals surface area contributed by atoms with E-state index in [-0.39, 0.29) is 19.6 Å². The molecule has 1 fully saturated rings. The molecule has 1 aliphatic rings. The molecule has 11 heteroatoms. The van der Waals surface area contributed by atoms with Gasteiger partial charge in [-0.2, -0.15) is 0 Å². The minimum absolute atomic E-state index is 0.120. The molecule has 0 spiro atoms. The SMILES string of the molecule is CCOC(=O)C[C@H]1S[C@@H]([C@@H](COC(C)=O)OC(C)=O)[C@H](OC(C)=O)[C@@H]1OC(C)=O. The normalized spacial score (nSPS) is 24.2. The molecule has 29 heavy (non-hydrogen) atoms. The number of hydrogen-bond acceptors (Lipinski definition) is 11. The first kappa shape index (κ1) is 24.7. The van der Waals surface area contributed by atoms with Crippen LogP contribution in [0.15, 0.2) is 0 Å². The smallest absolute Gasteiger partial charge is 0.307 e. The minimum atomic E-state index is -1.03. The fraction of sp³-hybridized carbons (Fsp3) is 0.722. The van der Waals surface area contributed by atoms with E-state index in [1.165, 1.54) is 27.7 Å². The molecule has 1 heterocycles. The van der Waals surface area contributed by atoms with Gasteiger partial charge in [0.2, 0.25) is 0 Å². The summed E-state index contributed by atoms with van der Waals surface area (Å²) in [6.45, 7) is 6.29. The number of hydrogen-bond donors (Lipinski definition) is 0. The van der Waals surface area contributed by atoms with Gasteiger partial charge in [-0.15, -0.1) is 11.8 Å². The van der Waals surface area contributed by atoms with Crippen LogP contribution in [0.5, 0.6) is 0 Å². The van der Waals surface area contributed by atoms with Crippen LogP contribution >= 0.6 is 11.8 Å². The van der Waals surface area contributed by atoms with E-state index >= 15 is 0 Å². The summed E-state index contributed by atoms with van der Waals surface area (Å²) in [5.41, 5.74) is 0. The van der Waals surface area contributed by atoms with Crippen LogP contribution in [-0.4, -0.2) is 71.9 Å². The zero-order chi connectivity index (χ0) is 22.1. The molecule has 0 radical (unpaired) electrons. The summed E-state index contributed by atoms with van der Waals surface area (Å²) in [5, 5.41) is -1.37. The summed E-state index contributed by atoms with van der Waals surface area (Å²) in [4.78, 5) is 58.0. The first-order valence-electron chi connectivity index (χ1n) is 9.01. The molecule has 0 saturated carbocycles. The van der Waals surface area contributed by atoms with Gasteiger partial charge in [-0.25, -0.2) is 0 Å². The molecular weight excluding hydrogens is 408 g/mol. The molecule has 0 aromatic carbocycles. The molecular formula is C18H26O10S. The Kier molecular flexibility index (Phi) is 9.93. The minimum Gasteiger partial charge on any atom is -0.466 e. The van der Waals surface area contributed by atoms with Crippen molar-refractivity contribution >= 4 is 41.6 Å². The van der Waals surface area contributed by atoms with E-state index in [0.717, 1.165) is 11.8 Å². The second-order valence-corrected chi connectivity index (χ2v) is 7.67. The van der Waals surface area contributed by atoms with Crippen molar-refractivity contribution in [3.63, 3.8) is 0 Å². The van der Waals surface area contributed by atoms with Crippen molar-refractivity contribution in [2.45, 2.75) is 69.9 Å². The standard InChI is InChI=1S/C18H26O10S/c1-6-24-15(23)7-14-16(27-11(4)21)17(28-12(5)22)18(29-14)13(26-10(3)20)8-25-9(2)19/h13-14,16-18H,6-8H2,1-5H3/t13-,14-,16-,17-,18+/m1/s1. The Morgan fingerprint density at radius 3 is 1.90 bits per heavy atom. The van der Waals surface area contributed by atoms with Gasteiger partial charge in [0.1, 0.15) is 6.61 Å². The Morgan fingerprint density at radius 1 is 0.828 bits per heavy atom. The molecule has 0 N–H and O–H groups in total. The van der Waals surface area contributed by atoms with Crippen LogP contribution in [0.4, 0.5) is 0 Å². The quantitative estimate of drug-likeness (QED) is 0.377. The summed E-state index contributed by atoms with van der Waals surface area (Å²) < 4.78 is 25.9. The van der Waals surface area contributed by atoms with Crippen LogP contribution in [0.25, 0.3) is 0 Å². The summed E-state index contributed by atoms with van der Waals surface area (Å²) >= 11 is 1.14. The Morgan fingerprint density at radius 2 is 1.41 bits per heavy atom. The monoisotopic (exact) mass is 434 g/mol. The molecule has 1 saturated heterocycles. The van der Waals surface area contributed by atoms with Crippen molar-refractivity contribution in [1.82, 2.24) is 0 Å². The maximum atomic E-state index is 12.0. The lowest BCUT2D eigenvalue weighted by Crippen LogP contribution is -2.46. The number of ether oxygens (including phenoxy) is 5. The second kappa shape index (κ2) is 11.6. The van der Waals surface area contributed by atoms with E-state index in [2.05, 4.69) is 0 Å². The third-order valence-electron chi connectivity index (χ3n) is 3.76. The Hall–Kier alpha value is -2.30. The lowest BCUT2D eigenvalue weighted by Gasteiger charge is -2.28. The zero-order valence-corrected chi connectivity index (χ0v) is 17.8. The highest BCUT2D eigenvalue weighted by atomic mass is 32.2. The van der Waals surface area contributed by atoms with Gasteiger partial charge < -0.3 is 23.7 Å². The molecule has 0 bridgehead atoms. The van der Waals surface area contributed by atoms with Gasteiger partial charge in [0.05, 0.1) is 23.5 Å². The maximum absolute atomic E-state index is 12.0. The summed E-state index contributed by atoms with van der Waals surface area (Å²) in [7, 11) is 0. The van der Waals surface area contributed by atoms with Crippen molar-refractivity contribution < 1.29 is 47.7 Å².